The van der Waals surface area contributed by atoms with Gasteiger partial charge >= 0.3 is 0 Å². The number of nitrogens with zero attached hydrogens (tertiary/aromatic N) is 4. The molecule has 3 aromatic carbocycles. The topological polar surface area (TPSA) is 133 Å². The molecule has 254 valence electrons. The number of hydrogen-bond acceptors (Lipinski definition) is 11. The summed E-state index contributed by atoms with van der Waals surface area (Å²) in [7, 11) is -1.40. The maximum absolute atomic E-state index is 12.1. The third-order valence-electron chi connectivity index (χ3n) is 8.39. The quantitative estimate of drug-likeness (QED) is 0.132. The Kier molecular flexibility index (Phi) is 9.95. The van der Waals surface area contributed by atoms with Gasteiger partial charge in [0, 0.05) is 48.7 Å². The summed E-state index contributed by atoms with van der Waals surface area (Å²) in [6.45, 7) is 6.01. The smallest absolute Gasteiger partial charge is 0.168 e. The van der Waals surface area contributed by atoms with Crippen molar-refractivity contribution in [2.24, 2.45) is 5.92 Å². The van der Waals surface area contributed by atoms with Crippen molar-refractivity contribution in [2.75, 3.05) is 42.4 Å². The van der Waals surface area contributed by atoms with Gasteiger partial charge in [-0.25, -0.2) is 23.4 Å². The predicted octanol–water partition coefficient (Wildman–Crippen LogP) is 6.35. The fourth-order valence-electron chi connectivity index (χ4n) is 5.98. The summed E-state index contributed by atoms with van der Waals surface area (Å²) in [5.74, 6) is 3.73. The first kappa shape index (κ1) is 33.7. The largest absolute Gasteiger partial charge is 0.497 e. The van der Waals surface area contributed by atoms with Crippen LogP contribution in [0.4, 0.5) is 17.3 Å². The van der Waals surface area contributed by atoms with Gasteiger partial charge in [0.1, 0.15) is 51.9 Å². The van der Waals surface area contributed by atoms with Crippen LogP contribution >= 0.6 is 0 Å². The standard InChI is InChI=1S/C37H39N5O6S/c1-24(2)28-12-13-32(42-18-26(19-42)23-49(4,44)45)30-17-39-36(16-29(28)30)40-35-14-15-38-37(41-35)22-48-34-7-5-6-33(31(34)20-43)47-21-25-8-10-27(46-3)11-9-25/h5-17,20,24,26H,18-19,21-23H2,1-4H3,(H,38,39,40,41). The molecule has 2 aromatic heterocycles. The molecule has 0 amide bonds. The Hall–Kier alpha value is -5.23. The maximum atomic E-state index is 12.1. The molecule has 1 fully saturated rings. The van der Waals surface area contributed by atoms with Gasteiger partial charge in [-0.15, -0.1) is 0 Å². The lowest BCUT2D eigenvalue weighted by Crippen LogP contribution is -2.49. The molecule has 12 heteroatoms. The highest BCUT2D eigenvalue weighted by Gasteiger charge is 2.31. The Morgan fingerprint density at radius 3 is 2.35 bits per heavy atom. The minimum absolute atomic E-state index is 0.0282. The number of nitrogens with one attached hydrogen (secondary N) is 1. The summed E-state index contributed by atoms with van der Waals surface area (Å²) in [5, 5.41) is 5.39. The van der Waals surface area contributed by atoms with E-state index in [2.05, 4.69) is 46.2 Å². The van der Waals surface area contributed by atoms with E-state index in [4.69, 9.17) is 19.2 Å². The number of carbonyl (C=O) groups excluding carboxylic acids is 1. The Balaban J connectivity index is 1.14. The van der Waals surface area contributed by atoms with Crippen LogP contribution in [0.15, 0.2) is 79.1 Å². The molecule has 0 aliphatic carbocycles. The van der Waals surface area contributed by atoms with Crippen LogP contribution in [0.1, 0.15) is 47.1 Å². The summed E-state index contributed by atoms with van der Waals surface area (Å²) in [4.78, 5) is 28.0. The summed E-state index contributed by atoms with van der Waals surface area (Å²) >= 11 is 0. The molecule has 49 heavy (non-hydrogen) atoms. The van der Waals surface area contributed by atoms with Crippen molar-refractivity contribution in [3.8, 4) is 17.2 Å². The zero-order chi connectivity index (χ0) is 34.5. The van der Waals surface area contributed by atoms with Crippen molar-refractivity contribution in [3.63, 3.8) is 0 Å². The molecule has 0 saturated carbocycles. The molecule has 1 saturated heterocycles. The van der Waals surface area contributed by atoms with Gasteiger partial charge in [0.2, 0.25) is 0 Å². The molecule has 1 aliphatic heterocycles. The number of aromatic nitrogens is 3. The third-order valence-corrected chi connectivity index (χ3v) is 9.46. The van der Waals surface area contributed by atoms with Crippen molar-refractivity contribution >= 4 is 44.2 Å². The van der Waals surface area contributed by atoms with Gasteiger partial charge in [-0.05, 0) is 64.9 Å². The molecule has 3 heterocycles. The Labute approximate surface area is 286 Å². The summed E-state index contributed by atoms with van der Waals surface area (Å²) in [6.07, 6.45) is 5.51. The Morgan fingerprint density at radius 1 is 0.939 bits per heavy atom. The molecule has 0 unspecified atom stereocenters. The fourth-order valence-corrected chi connectivity index (χ4v) is 7.05. The van der Waals surface area contributed by atoms with Gasteiger partial charge in [-0.1, -0.05) is 38.1 Å². The molecule has 6 rings (SSSR count). The van der Waals surface area contributed by atoms with Crippen LogP contribution in [0.2, 0.25) is 0 Å². The predicted molar refractivity (Wildman–Crippen MR) is 190 cm³/mol. The summed E-state index contributed by atoms with van der Waals surface area (Å²) in [6, 6.07) is 20.7. The van der Waals surface area contributed by atoms with Crippen LogP contribution in [-0.2, 0) is 23.1 Å². The lowest BCUT2D eigenvalue weighted by molar-refractivity contribution is 0.111. The van der Waals surface area contributed by atoms with E-state index in [1.165, 1.54) is 11.8 Å². The number of aldehydes is 1. The maximum Gasteiger partial charge on any atom is 0.168 e. The van der Waals surface area contributed by atoms with Crippen LogP contribution in [0, 0.1) is 5.92 Å². The number of carbonyl (C=O) groups is 1. The second-order valence-electron chi connectivity index (χ2n) is 12.5. The first-order chi connectivity index (χ1) is 23.6. The van der Waals surface area contributed by atoms with Crippen molar-refractivity contribution < 1.29 is 27.4 Å². The second-order valence-corrected chi connectivity index (χ2v) is 14.7. The van der Waals surface area contributed by atoms with E-state index < -0.39 is 9.84 Å². The molecule has 11 nitrogen and oxygen atoms in total. The Bertz CT molecular complexity index is 2060. The number of rotatable bonds is 14. The molecule has 0 radical (unpaired) electrons. The monoisotopic (exact) mass is 681 g/mol. The minimum atomic E-state index is -3.01. The van der Waals surface area contributed by atoms with Gasteiger partial charge in [0.05, 0.1) is 18.4 Å². The van der Waals surface area contributed by atoms with E-state index in [0.717, 1.165) is 34.1 Å². The first-order valence-corrected chi connectivity index (χ1v) is 18.1. The van der Waals surface area contributed by atoms with E-state index in [1.807, 2.05) is 36.5 Å². The first-order valence-electron chi connectivity index (χ1n) is 16.0. The van der Waals surface area contributed by atoms with Crippen LogP contribution in [0.25, 0.3) is 10.8 Å². The second kappa shape index (κ2) is 14.5. The molecule has 1 aliphatic rings. The van der Waals surface area contributed by atoms with E-state index in [9.17, 15) is 13.2 Å². The van der Waals surface area contributed by atoms with Crippen LogP contribution in [0.5, 0.6) is 17.2 Å². The Morgan fingerprint density at radius 2 is 1.67 bits per heavy atom. The number of pyridine rings is 1. The van der Waals surface area contributed by atoms with Crippen molar-refractivity contribution in [1.29, 1.82) is 0 Å². The molecule has 5 aromatic rings. The lowest BCUT2D eigenvalue weighted by atomic mass is 9.93. The molecular weight excluding hydrogens is 643 g/mol. The number of anilines is 3. The number of fused-ring (bicyclic) bond motifs is 1. The average molecular weight is 682 g/mol. The normalized spacial score (nSPS) is 13.3. The van der Waals surface area contributed by atoms with E-state index in [1.54, 1.807) is 37.6 Å². The fraction of sp³-hybridized carbons (Fsp3) is 0.297. The van der Waals surface area contributed by atoms with Crippen LogP contribution in [-0.4, -0.2) is 61.9 Å². The van der Waals surface area contributed by atoms with Gasteiger partial charge < -0.3 is 24.4 Å². The molecule has 1 N–H and O–H groups in total. The highest BCUT2D eigenvalue weighted by atomic mass is 32.2. The summed E-state index contributed by atoms with van der Waals surface area (Å²) in [5.41, 5.74) is 3.47. The number of benzene rings is 3. The molecule has 0 bridgehead atoms. The van der Waals surface area contributed by atoms with Crippen molar-refractivity contribution in [2.45, 2.75) is 33.0 Å². The zero-order valence-corrected chi connectivity index (χ0v) is 28.7. The lowest BCUT2D eigenvalue weighted by Gasteiger charge is -2.41. The van der Waals surface area contributed by atoms with Gasteiger partial charge in [-0.3, -0.25) is 4.79 Å². The molecular formula is C37H39N5O6S. The van der Waals surface area contributed by atoms with Crippen molar-refractivity contribution in [3.05, 3.63) is 102 Å². The third kappa shape index (κ3) is 8.09. The minimum Gasteiger partial charge on any atom is -0.497 e. The van der Waals surface area contributed by atoms with Gasteiger partial charge in [0.15, 0.2) is 12.1 Å². The zero-order valence-electron chi connectivity index (χ0n) is 27.9. The van der Waals surface area contributed by atoms with Crippen LogP contribution < -0.4 is 24.4 Å². The number of hydrogen-bond donors (Lipinski definition) is 1. The highest BCUT2D eigenvalue weighted by molar-refractivity contribution is 7.90. The van der Waals surface area contributed by atoms with E-state index in [0.29, 0.717) is 47.6 Å². The highest BCUT2D eigenvalue weighted by Crippen LogP contribution is 2.37. The number of methoxy groups -OCH3 is 1. The van der Waals surface area contributed by atoms with Gasteiger partial charge in [-0.2, -0.15) is 0 Å². The average Bonchev–Trinajstić information content (AvgIpc) is 3.07. The van der Waals surface area contributed by atoms with Gasteiger partial charge in [0.25, 0.3) is 0 Å². The van der Waals surface area contributed by atoms with Crippen LogP contribution in [0.3, 0.4) is 0 Å². The molecule has 0 spiro atoms. The van der Waals surface area contributed by atoms with E-state index in [-0.39, 0.29) is 30.8 Å². The van der Waals surface area contributed by atoms with E-state index >= 15 is 0 Å². The number of ether oxygens (including phenoxy) is 3. The molecule has 0 atom stereocenters. The SMILES string of the molecule is COc1ccc(COc2cccc(OCc3nccc(Nc4cc5c(C(C)C)ccc(N6CC(CS(C)(=O)=O)C6)c5cn4)n3)c2C=O)cc1. The number of sulfone groups is 1. The summed E-state index contributed by atoms with van der Waals surface area (Å²) < 4.78 is 40.7. The van der Waals surface area contributed by atoms with Crippen molar-refractivity contribution in [1.82, 2.24) is 15.0 Å².